The third kappa shape index (κ3) is 5.32. The maximum Gasteiger partial charge on any atom is 0.573 e. The van der Waals surface area contributed by atoms with E-state index in [-0.39, 0.29) is 11.8 Å². The first-order chi connectivity index (χ1) is 12.0. The molecule has 2 heterocycles. The number of anilines is 1. The van der Waals surface area contributed by atoms with E-state index in [1.54, 1.807) is 30.6 Å². The third-order valence-corrected chi connectivity index (χ3v) is 4.01. The van der Waals surface area contributed by atoms with Crippen molar-refractivity contribution in [1.82, 2.24) is 15.3 Å². The van der Waals surface area contributed by atoms with Gasteiger partial charge in [0.2, 0.25) is 5.95 Å². The van der Waals surface area contributed by atoms with Crippen LogP contribution in [0.2, 0.25) is 0 Å². The van der Waals surface area contributed by atoms with Crippen molar-refractivity contribution in [2.24, 2.45) is 0 Å². The van der Waals surface area contributed by atoms with Crippen LogP contribution in [0.3, 0.4) is 0 Å². The molecule has 1 saturated heterocycles. The highest BCUT2D eigenvalue weighted by Crippen LogP contribution is 2.23. The van der Waals surface area contributed by atoms with Gasteiger partial charge in [0.25, 0.3) is 0 Å². The Morgan fingerprint density at radius 2 is 1.88 bits per heavy atom. The van der Waals surface area contributed by atoms with Crippen molar-refractivity contribution >= 4 is 5.95 Å². The summed E-state index contributed by atoms with van der Waals surface area (Å²) < 4.78 is 40.4. The zero-order valence-corrected chi connectivity index (χ0v) is 13.5. The molecular formula is C17H19F3N4O. The number of piperidine rings is 1. The zero-order valence-electron chi connectivity index (χ0n) is 13.5. The predicted molar refractivity (Wildman–Crippen MR) is 87.2 cm³/mol. The van der Waals surface area contributed by atoms with Gasteiger partial charge in [-0.05, 0) is 36.6 Å². The lowest BCUT2D eigenvalue weighted by Crippen LogP contribution is -2.46. The van der Waals surface area contributed by atoms with Crippen LogP contribution in [-0.4, -0.2) is 35.5 Å². The van der Waals surface area contributed by atoms with Crippen LogP contribution in [0.5, 0.6) is 5.75 Å². The second-order valence-corrected chi connectivity index (χ2v) is 5.91. The first-order valence-electron chi connectivity index (χ1n) is 8.10. The van der Waals surface area contributed by atoms with Gasteiger partial charge in [-0.1, -0.05) is 12.1 Å². The molecule has 0 unspecified atom stereocenters. The summed E-state index contributed by atoms with van der Waals surface area (Å²) in [6.45, 7) is 2.31. The molecule has 1 aromatic carbocycles. The Morgan fingerprint density at radius 1 is 1.16 bits per heavy atom. The molecule has 25 heavy (non-hydrogen) atoms. The highest BCUT2D eigenvalue weighted by atomic mass is 19.4. The van der Waals surface area contributed by atoms with Crippen molar-refractivity contribution < 1.29 is 17.9 Å². The van der Waals surface area contributed by atoms with E-state index in [1.165, 1.54) is 12.1 Å². The number of rotatable bonds is 5. The zero-order chi connectivity index (χ0) is 17.7. The number of nitrogens with zero attached hydrogens (tertiary/aromatic N) is 3. The molecule has 2 aromatic rings. The van der Waals surface area contributed by atoms with E-state index in [2.05, 4.69) is 24.9 Å². The van der Waals surface area contributed by atoms with Crippen molar-refractivity contribution in [2.45, 2.75) is 31.8 Å². The van der Waals surface area contributed by atoms with Crippen molar-refractivity contribution in [3.05, 3.63) is 48.3 Å². The van der Waals surface area contributed by atoms with Gasteiger partial charge >= 0.3 is 6.36 Å². The Bertz CT molecular complexity index is 664. The lowest BCUT2D eigenvalue weighted by atomic mass is 10.1. The molecule has 5 nitrogen and oxygen atoms in total. The van der Waals surface area contributed by atoms with Crippen molar-refractivity contribution in [2.75, 3.05) is 18.0 Å². The summed E-state index contributed by atoms with van der Waals surface area (Å²) >= 11 is 0. The van der Waals surface area contributed by atoms with Gasteiger partial charge in [0, 0.05) is 38.1 Å². The molecule has 1 atom stereocenters. The van der Waals surface area contributed by atoms with Crippen molar-refractivity contribution in [3.8, 4) is 5.75 Å². The van der Waals surface area contributed by atoms with Crippen LogP contribution in [0.15, 0.2) is 42.7 Å². The van der Waals surface area contributed by atoms with E-state index in [1.807, 2.05) is 0 Å². The fourth-order valence-electron chi connectivity index (χ4n) is 2.85. The van der Waals surface area contributed by atoms with E-state index in [9.17, 15) is 13.2 Å². The molecule has 8 heteroatoms. The molecule has 3 rings (SSSR count). The fourth-order valence-corrected chi connectivity index (χ4v) is 2.85. The van der Waals surface area contributed by atoms with E-state index in [4.69, 9.17) is 0 Å². The molecule has 1 aliphatic rings. The molecule has 0 aliphatic carbocycles. The minimum atomic E-state index is -4.66. The van der Waals surface area contributed by atoms with Crippen LogP contribution in [0, 0.1) is 0 Å². The first-order valence-corrected chi connectivity index (χ1v) is 8.10. The summed E-state index contributed by atoms with van der Waals surface area (Å²) in [4.78, 5) is 10.7. The van der Waals surface area contributed by atoms with Gasteiger partial charge in [-0.15, -0.1) is 13.2 Å². The number of hydrogen-bond acceptors (Lipinski definition) is 5. The van der Waals surface area contributed by atoms with Crippen LogP contribution >= 0.6 is 0 Å². The minimum absolute atomic E-state index is 0.207. The van der Waals surface area contributed by atoms with Gasteiger partial charge in [0.1, 0.15) is 5.75 Å². The fraction of sp³-hybridized carbons (Fsp3) is 0.412. The van der Waals surface area contributed by atoms with Crippen molar-refractivity contribution in [1.29, 1.82) is 0 Å². The molecule has 0 bridgehead atoms. The molecule has 0 saturated carbocycles. The van der Waals surface area contributed by atoms with Gasteiger partial charge in [-0.3, -0.25) is 0 Å². The first kappa shape index (κ1) is 17.5. The molecule has 0 amide bonds. The van der Waals surface area contributed by atoms with Crippen LogP contribution in [0.4, 0.5) is 19.1 Å². The van der Waals surface area contributed by atoms with Crippen LogP contribution in [-0.2, 0) is 6.54 Å². The molecule has 0 spiro atoms. The molecule has 134 valence electrons. The number of ether oxygens (including phenoxy) is 1. The van der Waals surface area contributed by atoms with E-state index in [0.717, 1.165) is 37.4 Å². The summed E-state index contributed by atoms with van der Waals surface area (Å²) in [7, 11) is 0. The summed E-state index contributed by atoms with van der Waals surface area (Å²) in [6.07, 6.45) is 0.867. The summed E-state index contributed by atoms with van der Waals surface area (Å²) in [5, 5.41) is 3.45. The number of aromatic nitrogens is 2. The molecule has 0 radical (unpaired) electrons. The molecular weight excluding hydrogens is 333 g/mol. The predicted octanol–water partition coefficient (Wildman–Crippen LogP) is 3.13. The lowest BCUT2D eigenvalue weighted by molar-refractivity contribution is -0.274. The average molecular weight is 352 g/mol. The maximum absolute atomic E-state index is 12.2. The Labute approximate surface area is 143 Å². The monoisotopic (exact) mass is 352 g/mol. The van der Waals surface area contributed by atoms with Gasteiger partial charge in [-0.2, -0.15) is 0 Å². The Balaban J connectivity index is 1.51. The Hall–Kier alpha value is -2.35. The molecule has 1 fully saturated rings. The maximum atomic E-state index is 12.2. The largest absolute Gasteiger partial charge is 0.573 e. The smallest absolute Gasteiger partial charge is 0.406 e. The van der Waals surface area contributed by atoms with Gasteiger partial charge in [0.05, 0.1) is 0 Å². The molecule has 1 aliphatic heterocycles. The molecule has 1 N–H and O–H groups in total. The van der Waals surface area contributed by atoms with E-state index < -0.39 is 6.36 Å². The van der Waals surface area contributed by atoms with Gasteiger partial charge < -0.3 is 15.0 Å². The third-order valence-electron chi connectivity index (χ3n) is 4.01. The van der Waals surface area contributed by atoms with Crippen LogP contribution < -0.4 is 15.0 Å². The standard InChI is InChI=1S/C17H19F3N4O/c18-17(19,20)25-15-6-4-13(5-7-15)11-23-14-3-1-10-24(12-14)16-21-8-2-9-22-16/h2,4-9,14,23H,1,3,10-12H2/t14-/m0/s1. The second kappa shape index (κ2) is 7.69. The van der Waals surface area contributed by atoms with Gasteiger partial charge in [-0.25, -0.2) is 9.97 Å². The lowest BCUT2D eigenvalue weighted by Gasteiger charge is -2.33. The van der Waals surface area contributed by atoms with Crippen LogP contribution in [0.25, 0.3) is 0 Å². The quantitative estimate of drug-likeness (QED) is 0.896. The summed E-state index contributed by atoms with van der Waals surface area (Å²) in [6, 6.07) is 7.99. The van der Waals surface area contributed by atoms with Gasteiger partial charge in [0.15, 0.2) is 0 Å². The summed E-state index contributed by atoms with van der Waals surface area (Å²) in [5.74, 6) is 0.518. The summed E-state index contributed by atoms with van der Waals surface area (Å²) in [5.41, 5.74) is 0.905. The number of benzene rings is 1. The number of nitrogens with one attached hydrogen (secondary N) is 1. The average Bonchev–Trinajstić information content (AvgIpc) is 2.61. The Morgan fingerprint density at radius 3 is 2.56 bits per heavy atom. The van der Waals surface area contributed by atoms with Crippen molar-refractivity contribution in [3.63, 3.8) is 0 Å². The number of hydrogen-bond donors (Lipinski definition) is 1. The highest BCUT2D eigenvalue weighted by Gasteiger charge is 2.31. The number of alkyl halides is 3. The number of halogens is 3. The highest BCUT2D eigenvalue weighted by molar-refractivity contribution is 5.30. The van der Waals surface area contributed by atoms with E-state index in [0.29, 0.717) is 6.54 Å². The second-order valence-electron chi connectivity index (χ2n) is 5.91. The normalized spacial score (nSPS) is 18.2. The van der Waals surface area contributed by atoms with Crippen LogP contribution in [0.1, 0.15) is 18.4 Å². The Kier molecular flexibility index (Phi) is 5.37. The van der Waals surface area contributed by atoms with E-state index >= 15 is 0 Å². The topological polar surface area (TPSA) is 50.3 Å². The molecule has 1 aromatic heterocycles. The minimum Gasteiger partial charge on any atom is -0.406 e. The SMILES string of the molecule is FC(F)(F)Oc1ccc(CN[C@H]2CCCN(c3ncccn3)C2)cc1.